The van der Waals surface area contributed by atoms with Gasteiger partial charge in [-0.2, -0.15) is 0 Å². The highest BCUT2D eigenvalue weighted by Crippen LogP contribution is 2.34. The molecule has 3 amide bonds. The Morgan fingerprint density at radius 3 is 2.10 bits per heavy atom. The minimum Gasteiger partial charge on any atom is -0.480 e. The molecule has 3 aromatic carbocycles. The zero-order valence-electron chi connectivity index (χ0n) is 23.2. The number of benzene rings is 3. The summed E-state index contributed by atoms with van der Waals surface area (Å²) in [4.78, 5) is 38.8. The number of nitrogens with one attached hydrogen (secondary N) is 3. The second-order valence-corrected chi connectivity index (χ2v) is 10.9. The predicted molar refractivity (Wildman–Crippen MR) is 154 cm³/mol. The summed E-state index contributed by atoms with van der Waals surface area (Å²) in [6, 6.07) is 13.0. The van der Waals surface area contributed by atoms with Crippen molar-refractivity contribution in [3.05, 3.63) is 70.8 Å². The van der Waals surface area contributed by atoms with E-state index in [1.807, 2.05) is 64.1 Å². The van der Waals surface area contributed by atoms with E-state index in [0.29, 0.717) is 5.69 Å². The average Bonchev–Trinajstić information content (AvgIpc) is 3.29. The molecular weight excluding hydrogens is 494 g/mol. The number of amides is 3. The van der Waals surface area contributed by atoms with Crippen molar-refractivity contribution in [2.75, 3.05) is 10.6 Å². The van der Waals surface area contributed by atoms with Gasteiger partial charge in [0.25, 0.3) is 5.91 Å². The molecule has 0 spiro atoms. The van der Waals surface area contributed by atoms with Crippen molar-refractivity contribution in [3.8, 4) is 0 Å². The van der Waals surface area contributed by atoms with Crippen molar-refractivity contribution >= 4 is 40.1 Å². The van der Waals surface area contributed by atoms with Gasteiger partial charge >= 0.3 is 12.0 Å². The van der Waals surface area contributed by atoms with E-state index in [1.54, 1.807) is 19.1 Å². The Balaban J connectivity index is 1.60. The number of hydrogen-bond acceptors (Lipinski definition) is 4. The summed E-state index contributed by atoms with van der Waals surface area (Å²) in [6.07, 6.45) is 3.02. The van der Waals surface area contributed by atoms with Gasteiger partial charge in [-0.1, -0.05) is 54.8 Å². The van der Waals surface area contributed by atoms with Crippen molar-refractivity contribution < 1.29 is 24.2 Å². The summed E-state index contributed by atoms with van der Waals surface area (Å²) in [5.41, 5.74) is 3.66. The number of aliphatic carboxylic acids is 1. The molecular formula is C31H37N3O5. The van der Waals surface area contributed by atoms with Crippen LogP contribution in [0.1, 0.15) is 66.6 Å². The molecule has 4 N–H and O–H groups in total. The molecule has 0 radical (unpaired) electrons. The van der Waals surface area contributed by atoms with Gasteiger partial charge in [0.1, 0.15) is 0 Å². The minimum absolute atomic E-state index is 0.159. The molecule has 8 heteroatoms. The highest BCUT2D eigenvalue weighted by atomic mass is 16.5. The van der Waals surface area contributed by atoms with Crippen LogP contribution in [0.25, 0.3) is 10.8 Å². The van der Waals surface area contributed by atoms with Gasteiger partial charge in [0.15, 0.2) is 6.04 Å². The number of aryl methyl sites for hydroxylation is 3. The summed E-state index contributed by atoms with van der Waals surface area (Å²) in [7, 11) is 0. The smallest absolute Gasteiger partial charge is 0.328 e. The lowest BCUT2D eigenvalue weighted by Gasteiger charge is -2.32. The van der Waals surface area contributed by atoms with Crippen LogP contribution in [0, 0.1) is 20.8 Å². The molecule has 0 bridgehead atoms. The number of carbonyl (C=O) groups is 3. The number of urea groups is 1. The Morgan fingerprint density at radius 2 is 1.51 bits per heavy atom. The maximum absolute atomic E-state index is 13.5. The topological polar surface area (TPSA) is 117 Å². The Kier molecular flexibility index (Phi) is 8.25. The number of carbonyl (C=O) groups excluding carboxylic acids is 2. The zero-order valence-corrected chi connectivity index (χ0v) is 23.2. The van der Waals surface area contributed by atoms with Gasteiger partial charge in [0, 0.05) is 5.69 Å². The van der Waals surface area contributed by atoms with E-state index < -0.39 is 35.7 Å². The van der Waals surface area contributed by atoms with Crippen LogP contribution in [0.4, 0.5) is 16.2 Å². The van der Waals surface area contributed by atoms with Gasteiger partial charge in [0.2, 0.25) is 0 Å². The molecule has 0 heterocycles. The van der Waals surface area contributed by atoms with Gasteiger partial charge in [0.05, 0.1) is 23.0 Å². The van der Waals surface area contributed by atoms with Crippen LogP contribution in [0.3, 0.4) is 0 Å². The van der Waals surface area contributed by atoms with Crippen LogP contribution >= 0.6 is 0 Å². The lowest BCUT2D eigenvalue weighted by atomic mass is 10.0. The fourth-order valence-electron chi connectivity index (χ4n) is 5.53. The first-order chi connectivity index (χ1) is 18.5. The maximum atomic E-state index is 13.5. The minimum atomic E-state index is -1.26. The highest BCUT2D eigenvalue weighted by Gasteiger charge is 2.36. The van der Waals surface area contributed by atoms with Crippen LogP contribution in [0.2, 0.25) is 0 Å². The first-order valence-corrected chi connectivity index (χ1v) is 13.4. The summed E-state index contributed by atoms with van der Waals surface area (Å²) in [5.74, 6) is -1.80. The molecule has 206 valence electrons. The first kappa shape index (κ1) is 28.1. The molecule has 0 aliphatic heterocycles. The molecule has 2 atom stereocenters. The van der Waals surface area contributed by atoms with Crippen molar-refractivity contribution in [1.29, 1.82) is 0 Å². The third kappa shape index (κ3) is 6.57. The van der Waals surface area contributed by atoms with Crippen LogP contribution in [0.5, 0.6) is 0 Å². The number of anilines is 2. The predicted octanol–water partition coefficient (Wildman–Crippen LogP) is 6.33. The maximum Gasteiger partial charge on any atom is 0.328 e. The number of hydrogen-bond donors (Lipinski definition) is 4. The summed E-state index contributed by atoms with van der Waals surface area (Å²) < 4.78 is 6.15. The van der Waals surface area contributed by atoms with E-state index in [0.717, 1.165) is 53.1 Å². The summed E-state index contributed by atoms with van der Waals surface area (Å²) in [5, 5.41) is 19.9. The Hall–Kier alpha value is -3.91. The molecule has 39 heavy (non-hydrogen) atoms. The van der Waals surface area contributed by atoms with Crippen LogP contribution in [0.15, 0.2) is 48.5 Å². The lowest BCUT2D eigenvalue weighted by Crippen LogP contribution is -2.51. The molecule has 3 aromatic rings. The van der Waals surface area contributed by atoms with Gasteiger partial charge in [-0.25, -0.2) is 9.59 Å². The standard InChI is InChI=1S/C31H37N3O5/c1-18-14-19(2)26(20(3)15-18)34-30(38)32-25-17-23-11-7-6-10-22(23)16-24(25)28(35)33-27(29(36)37)21(4)39-31(5)12-8-9-13-31/h6-7,10-11,14-17,21,27H,8-9,12-13H2,1-5H3,(H,33,35)(H,36,37)(H2,32,34,38)/t21?,27-/m0/s1. The number of rotatable bonds is 8. The molecule has 1 aliphatic rings. The van der Waals surface area contributed by atoms with Gasteiger partial charge in [-0.15, -0.1) is 0 Å². The van der Waals surface area contributed by atoms with Crippen molar-refractivity contribution in [2.45, 2.75) is 78.0 Å². The van der Waals surface area contributed by atoms with Crippen molar-refractivity contribution in [1.82, 2.24) is 5.32 Å². The molecule has 1 fully saturated rings. The van der Waals surface area contributed by atoms with Crippen LogP contribution in [-0.4, -0.2) is 40.8 Å². The number of fused-ring (bicyclic) bond motifs is 1. The number of carboxylic acids is 1. The molecule has 1 saturated carbocycles. The molecule has 1 unspecified atom stereocenters. The summed E-state index contributed by atoms with van der Waals surface area (Å²) in [6.45, 7) is 9.49. The lowest BCUT2D eigenvalue weighted by molar-refractivity contribution is -0.148. The van der Waals surface area contributed by atoms with Crippen LogP contribution in [-0.2, 0) is 9.53 Å². The van der Waals surface area contributed by atoms with E-state index in [9.17, 15) is 19.5 Å². The Morgan fingerprint density at radius 1 is 0.923 bits per heavy atom. The molecule has 4 rings (SSSR count). The Bertz CT molecular complexity index is 1390. The van der Waals surface area contributed by atoms with Gasteiger partial charge in [-0.3, -0.25) is 4.79 Å². The Labute approximate surface area is 229 Å². The van der Waals surface area contributed by atoms with E-state index in [1.165, 1.54) is 0 Å². The fraction of sp³-hybridized carbons (Fsp3) is 0.387. The SMILES string of the molecule is Cc1cc(C)c(NC(=O)Nc2cc3ccccc3cc2C(=O)N[C@H](C(=O)O)C(C)OC2(C)CCCC2)c(C)c1. The monoisotopic (exact) mass is 531 g/mol. The van der Waals surface area contributed by atoms with Crippen LogP contribution < -0.4 is 16.0 Å². The number of carboxylic acid groups (broad SMARTS) is 1. The molecule has 0 saturated heterocycles. The average molecular weight is 532 g/mol. The molecule has 1 aliphatic carbocycles. The molecule has 0 aromatic heterocycles. The van der Waals surface area contributed by atoms with Crippen molar-refractivity contribution in [3.63, 3.8) is 0 Å². The second kappa shape index (κ2) is 11.5. The third-order valence-electron chi connectivity index (χ3n) is 7.45. The van der Waals surface area contributed by atoms with E-state index >= 15 is 0 Å². The summed E-state index contributed by atoms with van der Waals surface area (Å²) >= 11 is 0. The number of ether oxygens (including phenoxy) is 1. The van der Waals surface area contributed by atoms with E-state index in [4.69, 9.17) is 4.74 Å². The first-order valence-electron chi connectivity index (χ1n) is 13.4. The quantitative estimate of drug-likeness (QED) is 0.271. The second-order valence-electron chi connectivity index (χ2n) is 10.9. The normalized spacial score (nSPS) is 15.9. The fourth-order valence-corrected chi connectivity index (χ4v) is 5.53. The van der Waals surface area contributed by atoms with Gasteiger partial charge in [-0.05, 0) is 81.5 Å². The van der Waals surface area contributed by atoms with Crippen molar-refractivity contribution in [2.24, 2.45) is 0 Å². The largest absolute Gasteiger partial charge is 0.480 e. The highest BCUT2D eigenvalue weighted by molar-refractivity contribution is 6.10. The molecule has 8 nitrogen and oxygen atoms in total. The zero-order chi connectivity index (χ0) is 28.3. The van der Waals surface area contributed by atoms with E-state index in [2.05, 4.69) is 16.0 Å². The van der Waals surface area contributed by atoms with E-state index in [-0.39, 0.29) is 11.3 Å². The third-order valence-corrected chi connectivity index (χ3v) is 7.45. The van der Waals surface area contributed by atoms with Gasteiger partial charge < -0.3 is 25.8 Å².